The summed E-state index contributed by atoms with van der Waals surface area (Å²) >= 11 is 0. The van der Waals surface area contributed by atoms with E-state index in [4.69, 9.17) is 5.84 Å². The van der Waals surface area contributed by atoms with E-state index in [9.17, 15) is 9.18 Å². The van der Waals surface area contributed by atoms with Crippen LogP contribution >= 0.6 is 0 Å². The molecule has 0 fully saturated rings. The van der Waals surface area contributed by atoms with Crippen LogP contribution in [-0.4, -0.2) is 11.5 Å². The highest BCUT2D eigenvalue weighted by molar-refractivity contribution is 6.51. The molecule has 2 rings (SSSR count). The maximum atomic E-state index is 12.8. The van der Waals surface area contributed by atoms with Crippen molar-refractivity contribution < 1.29 is 9.18 Å². The fraction of sp³-hybridized carbons (Fsp3) is 0. The van der Waals surface area contributed by atoms with Gasteiger partial charge in [-0.05, 0) is 24.3 Å². The van der Waals surface area contributed by atoms with E-state index in [-0.39, 0.29) is 17.3 Å². The minimum Gasteiger partial charge on any atom is -0.323 e. The van der Waals surface area contributed by atoms with E-state index in [1.54, 1.807) is 24.3 Å². The molecular formula is C14H11FN2O. The SMILES string of the molecule is N/N=C(/C(=O)c1ccccc1)c1ccc(F)cc1. The molecule has 0 spiro atoms. The number of carbonyl (C=O) groups is 1. The summed E-state index contributed by atoms with van der Waals surface area (Å²) in [5.74, 6) is 4.59. The molecule has 0 aliphatic rings. The second kappa shape index (κ2) is 5.23. The van der Waals surface area contributed by atoms with Gasteiger partial charge in [0.1, 0.15) is 11.5 Å². The smallest absolute Gasteiger partial charge is 0.213 e. The van der Waals surface area contributed by atoms with E-state index in [1.807, 2.05) is 6.07 Å². The largest absolute Gasteiger partial charge is 0.323 e. The normalized spacial score (nSPS) is 11.3. The van der Waals surface area contributed by atoms with Gasteiger partial charge in [0.05, 0.1) is 0 Å². The summed E-state index contributed by atoms with van der Waals surface area (Å²) in [5, 5.41) is 3.51. The first kappa shape index (κ1) is 12.0. The van der Waals surface area contributed by atoms with Gasteiger partial charge in [-0.25, -0.2) is 4.39 Å². The molecule has 0 saturated carbocycles. The topological polar surface area (TPSA) is 55.4 Å². The number of rotatable bonds is 3. The average Bonchev–Trinajstić information content (AvgIpc) is 2.42. The molecule has 90 valence electrons. The average molecular weight is 242 g/mol. The maximum absolute atomic E-state index is 12.8. The Hall–Kier alpha value is -2.49. The van der Waals surface area contributed by atoms with Crippen LogP contribution in [0.15, 0.2) is 59.7 Å². The van der Waals surface area contributed by atoms with Crippen LogP contribution in [0.2, 0.25) is 0 Å². The Morgan fingerprint density at radius 3 is 2.11 bits per heavy atom. The predicted octanol–water partition coefficient (Wildman–Crippen LogP) is 2.37. The van der Waals surface area contributed by atoms with Crippen LogP contribution in [0.3, 0.4) is 0 Å². The molecule has 18 heavy (non-hydrogen) atoms. The van der Waals surface area contributed by atoms with Crippen LogP contribution in [0.4, 0.5) is 4.39 Å². The summed E-state index contributed by atoms with van der Waals surface area (Å²) < 4.78 is 12.8. The van der Waals surface area contributed by atoms with Crippen molar-refractivity contribution in [2.75, 3.05) is 0 Å². The first-order valence-corrected chi connectivity index (χ1v) is 5.36. The molecule has 0 bridgehead atoms. The number of carbonyl (C=O) groups excluding carboxylic acids is 1. The monoisotopic (exact) mass is 242 g/mol. The molecule has 0 unspecified atom stereocenters. The van der Waals surface area contributed by atoms with Crippen LogP contribution in [0, 0.1) is 5.82 Å². The second-order valence-corrected chi connectivity index (χ2v) is 3.68. The number of Topliss-reactive ketones (excluding diaryl/α,β-unsaturated/α-hetero) is 1. The molecule has 0 aliphatic heterocycles. The third-order valence-electron chi connectivity index (χ3n) is 2.50. The molecule has 0 saturated heterocycles. The highest BCUT2D eigenvalue weighted by Crippen LogP contribution is 2.09. The maximum Gasteiger partial charge on any atom is 0.213 e. The minimum atomic E-state index is -0.373. The first-order chi connectivity index (χ1) is 8.72. The minimum absolute atomic E-state index is 0.112. The fourth-order valence-corrected chi connectivity index (χ4v) is 1.60. The van der Waals surface area contributed by atoms with Crippen LogP contribution in [0.5, 0.6) is 0 Å². The number of hydrogen-bond acceptors (Lipinski definition) is 3. The summed E-state index contributed by atoms with van der Waals surface area (Å²) in [4.78, 5) is 12.2. The van der Waals surface area contributed by atoms with Gasteiger partial charge < -0.3 is 5.84 Å². The summed E-state index contributed by atoms with van der Waals surface area (Å²) in [6.07, 6.45) is 0. The van der Waals surface area contributed by atoms with Crippen LogP contribution in [0.25, 0.3) is 0 Å². The van der Waals surface area contributed by atoms with E-state index in [0.29, 0.717) is 11.1 Å². The Bertz CT molecular complexity index is 577. The van der Waals surface area contributed by atoms with Gasteiger partial charge in [0.2, 0.25) is 5.78 Å². The van der Waals surface area contributed by atoms with Gasteiger partial charge in [0.15, 0.2) is 0 Å². The molecule has 2 aromatic rings. The lowest BCUT2D eigenvalue weighted by Gasteiger charge is -2.04. The molecule has 0 radical (unpaired) electrons. The second-order valence-electron chi connectivity index (χ2n) is 3.68. The Balaban J connectivity index is 2.36. The first-order valence-electron chi connectivity index (χ1n) is 5.36. The number of nitrogens with zero attached hydrogens (tertiary/aromatic N) is 1. The van der Waals surface area contributed by atoms with Gasteiger partial charge in [0, 0.05) is 11.1 Å². The molecule has 4 heteroatoms. The van der Waals surface area contributed by atoms with Gasteiger partial charge in [-0.2, -0.15) is 5.10 Å². The molecule has 0 amide bonds. The molecular weight excluding hydrogens is 231 g/mol. The third-order valence-corrected chi connectivity index (χ3v) is 2.50. The summed E-state index contributed by atoms with van der Waals surface area (Å²) in [7, 11) is 0. The molecule has 2 N–H and O–H groups in total. The van der Waals surface area contributed by atoms with Crippen molar-refractivity contribution in [1.29, 1.82) is 0 Å². The molecule has 0 aromatic heterocycles. The zero-order chi connectivity index (χ0) is 13.0. The van der Waals surface area contributed by atoms with E-state index in [1.165, 1.54) is 24.3 Å². The Morgan fingerprint density at radius 2 is 1.56 bits per heavy atom. The molecule has 2 aromatic carbocycles. The van der Waals surface area contributed by atoms with Crippen molar-refractivity contribution in [3.8, 4) is 0 Å². The standard InChI is InChI=1S/C14H11FN2O/c15-12-8-6-10(7-9-12)13(17-16)14(18)11-4-2-1-3-5-11/h1-9H,16H2/b17-13+. The molecule has 0 atom stereocenters. The Labute approximate surface area is 104 Å². The Kier molecular flexibility index (Phi) is 3.48. The lowest BCUT2D eigenvalue weighted by Crippen LogP contribution is -2.17. The third kappa shape index (κ3) is 2.43. The summed E-state index contributed by atoms with van der Waals surface area (Å²) in [6.45, 7) is 0. The van der Waals surface area contributed by atoms with Crippen molar-refractivity contribution in [2.45, 2.75) is 0 Å². The quantitative estimate of drug-likeness (QED) is 0.389. The van der Waals surface area contributed by atoms with Crippen molar-refractivity contribution in [3.63, 3.8) is 0 Å². The van der Waals surface area contributed by atoms with Gasteiger partial charge >= 0.3 is 0 Å². The zero-order valence-corrected chi connectivity index (χ0v) is 9.51. The molecule has 0 heterocycles. The lowest BCUT2D eigenvalue weighted by molar-refractivity contribution is 0.106. The molecule has 3 nitrogen and oxygen atoms in total. The highest BCUT2D eigenvalue weighted by atomic mass is 19.1. The van der Waals surface area contributed by atoms with Crippen molar-refractivity contribution in [2.24, 2.45) is 10.9 Å². The zero-order valence-electron chi connectivity index (χ0n) is 9.51. The number of benzene rings is 2. The van der Waals surface area contributed by atoms with E-state index in [0.717, 1.165) is 0 Å². The highest BCUT2D eigenvalue weighted by Gasteiger charge is 2.15. The summed E-state index contributed by atoms with van der Waals surface area (Å²) in [6, 6.07) is 14.2. The number of hydrogen-bond donors (Lipinski definition) is 1. The van der Waals surface area contributed by atoms with Crippen molar-refractivity contribution in [3.05, 3.63) is 71.5 Å². The fourth-order valence-electron chi connectivity index (χ4n) is 1.60. The Morgan fingerprint density at radius 1 is 0.944 bits per heavy atom. The number of ketones is 1. The van der Waals surface area contributed by atoms with E-state index < -0.39 is 0 Å². The van der Waals surface area contributed by atoms with Gasteiger partial charge in [0.25, 0.3) is 0 Å². The predicted molar refractivity (Wildman–Crippen MR) is 67.9 cm³/mol. The number of halogens is 1. The van der Waals surface area contributed by atoms with Crippen LogP contribution < -0.4 is 5.84 Å². The molecule has 0 aliphatic carbocycles. The van der Waals surface area contributed by atoms with Crippen molar-refractivity contribution >= 4 is 11.5 Å². The summed E-state index contributed by atoms with van der Waals surface area (Å²) in [5.41, 5.74) is 1.10. The van der Waals surface area contributed by atoms with Crippen LogP contribution in [-0.2, 0) is 0 Å². The van der Waals surface area contributed by atoms with Gasteiger partial charge in [-0.1, -0.05) is 30.3 Å². The van der Waals surface area contributed by atoms with Gasteiger partial charge in [-0.3, -0.25) is 4.79 Å². The van der Waals surface area contributed by atoms with Crippen LogP contribution in [0.1, 0.15) is 15.9 Å². The van der Waals surface area contributed by atoms with Crippen molar-refractivity contribution in [1.82, 2.24) is 0 Å². The number of nitrogens with two attached hydrogens (primary N) is 1. The van der Waals surface area contributed by atoms with E-state index >= 15 is 0 Å². The number of hydrazone groups is 1. The van der Waals surface area contributed by atoms with E-state index in [2.05, 4.69) is 5.10 Å². The van der Waals surface area contributed by atoms with Gasteiger partial charge in [-0.15, -0.1) is 0 Å². The lowest BCUT2D eigenvalue weighted by atomic mass is 10.0.